The molecule has 0 aliphatic carbocycles. The van der Waals surface area contributed by atoms with E-state index in [1.54, 1.807) is 24.3 Å². The van der Waals surface area contributed by atoms with Crippen LogP contribution in [0.1, 0.15) is 26.3 Å². The molecule has 0 aromatic heterocycles. The Morgan fingerprint density at radius 1 is 1.21 bits per heavy atom. The molecule has 19 heavy (non-hydrogen) atoms. The van der Waals surface area contributed by atoms with Crippen LogP contribution in [0.5, 0.6) is 5.75 Å². The van der Waals surface area contributed by atoms with E-state index in [1.165, 1.54) is 0 Å². The summed E-state index contributed by atoms with van der Waals surface area (Å²) in [5.41, 5.74) is 0.546. The SMILES string of the molecule is CC(C)(C)Oc1ccc(CC(=O)NCC(=O)O)cc1. The van der Waals surface area contributed by atoms with Crippen molar-refractivity contribution in [1.82, 2.24) is 5.32 Å². The van der Waals surface area contributed by atoms with Crippen molar-refractivity contribution < 1.29 is 19.4 Å². The highest BCUT2D eigenvalue weighted by atomic mass is 16.5. The van der Waals surface area contributed by atoms with Crippen LogP contribution in [0, 0.1) is 0 Å². The van der Waals surface area contributed by atoms with Crippen molar-refractivity contribution in [2.45, 2.75) is 32.8 Å². The largest absolute Gasteiger partial charge is 0.488 e. The van der Waals surface area contributed by atoms with Gasteiger partial charge in [-0.3, -0.25) is 9.59 Å². The minimum absolute atomic E-state index is 0.156. The number of nitrogens with one attached hydrogen (secondary N) is 1. The standard InChI is InChI=1S/C14H19NO4/c1-14(2,3)19-11-6-4-10(5-7-11)8-12(16)15-9-13(17)18/h4-7H,8-9H2,1-3H3,(H,15,16)(H,17,18). The third-order valence-corrected chi connectivity index (χ3v) is 2.15. The molecular formula is C14H19NO4. The van der Waals surface area contributed by atoms with Gasteiger partial charge in [-0.2, -0.15) is 0 Å². The molecule has 1 rings (SSSR count). The Morgan fingerprint density at radius 2 is 1.79 bits per heavy atom. The van der Waals surface area contributed by atoms with Crippen LogP contribution in [0.2, 0.25) is 0 Å². The van der Waals surface area contributed by atoms with Gasteiger partial charge in [0.15, 0.2) is 0 Å². The van der Waals surface area contributed by atoms with E-state index in [1.807, 2.05) is 20.8 Å². The van der Waals surface area contributed by atoms with Gasteiger partial charge in [0.05, 0.1) is 6.42 Å². The van der Waals surface area contributed by atoms with Crippen molar-refractivity contribution in [3.05, 3.63) is 29.8 Å². The van der Waals surface area contributed by atoms with E-state index < -0.39 is 5.97 Å². The fourth-order valence-electron chi connectivity index (χ4n) is 1.45. The number of amides is 1. The zero-order valence-electron chi connectivity index (χ0n) is 11.4. The summed E-state index contributed by atoms with van der Waals surface area (Å²) in [4.78, 5) is 21.7. The Balaban J connectivity index is 2.52. The summed E-state index contributed by atoms with van der Waals surface area (Å²) < 4.78 is 5.66. The molecule has 5 nitrogen and oxygen atoms in total. The number of aliphatic carboxylic acids is 1. The van der Waals surface area contributed by atoms with Crippen molar-refractivity contribution in [3.63, 3.8) is 0 Å². The molecule has 0 saturated carbocycles. The highest BCUT2D eigenvalue weighted by Gasteiger charge is 2.11. The number of hydrogen-bond donors (Lipinski definition) is 2. The van der Waals surface area contributed by atoms with Crippen LogP contribution in [0.3, 0.4) is 0 Å². The van der Waals surface area contributed by atoms with Gasteiger partial charge in [-0.1, -0.05) is 12.1 Å². The number of ether oxygens (including phenoxy) is 1. The summed E-state index contributed by atoms with van der Waals surface area (Å²) in [7, 11) is 0. The monoisotopic (exact) mass is 265 g/mol. The van der Waals surface area contributed by atoms with Gasteiger partial charge >= 0.3 is 5.97 Å². The second kappa shape index (κ2) is 6.22. The van der Waals surface area contributed by atoms with Crippen LogP contribution in [-0.4, -0.2) is 29.1 Å². The molecule has 0 aliphatic heterocycles. The average Bonchev–Trinajstić information content (AvgIpc) is 2.27. The molecule has 0 aliphatic rings. The van der Waals surface area contributed by atoms with Crippen molar-refractivity contribution >= 4 is 11.9 Å². The Labute approximate surface area is 112 Å². The molecule has 0 spiro atoms. The van der Waals surface area contributed by atoms with E-state index in [0.29, 0.717) is 0 Å². The van der Waals surface area contributed by atoms with Gasteiger partial charge in [0.2, 0.25) is 5.91 Å². The molecule has 0 fully saturated rings. The van der Waals surface area contributed by atoms with Crippen LogP contribution >= 0.6 is 0 Å². The Kier molecular flexibility index (Phi) is 4.92. The normalized spacial score (nSPS) is 10.9. The smallest absolute Gasteiger partial charge is 0.322 e. The van der Waals surface area contributed by atoms with Gasteiger partial charge in [-0.05, 0) is 38.5 Å². The second-order valence-corrected chi connectivity index (χ2v) is 5.21. The summed E-state index contributed by atoms with van der Waals surface area (Å²) in [6, 6.07) is 7.18. The zero-order valence-corrected chi connectivity index (χ0v) is 11.4. The average molecular weight is 265 g/mol. The summed E-state index contributed by atoms with van der Waals surface area (Å²) in [6.45, 7) is 5.52. The number of carboxylic acid groups (broad SMARTS) is 1. The van der Waals surface area contributed by atoms with E-state index in [0.717, 1.165) is 11.3 Å². The van der Waals surface area contributed by atoms with Crippen LogP contribution < -0.4 is 10.1 Å². The van der Waals surface area contributed by atoms with Gasteiger partial charge in [0.1, 0.15) is 17.9 Å². The highest BCUT2D eigenvalue weighted by Crippen LogP contribution is 2.18. The maximum absolute atomic E-state index is 11.4. The van der Waals surface area contributed by atoms with Crippen LogP contribution in [-0.2, 0) is 16.0 Å². The number of carboxylic acids is 1. The fourth-order valence-corrected chi connectivity index (χ4v) is 1.45. The zero-order chi connectivity index (χ0) is 14.5. The molecule has 5 heteroatoms. The molecule has 0 saturated heterocycles. The first-order valence-corrected chi connectivity index (χ1v) is 6.03. The lowest BCUT2D eigenvalue weighted by molar-refractivity contribution is -0.137. The second-order valence-electron chi connectivity index (χ2n) is 5.21. The van der Waals surface area contributed by atoms with Crippen LogP contribution in [0.15, 0.2) is 24.3 Å². The Hall–Kier alpha value is -2.04. The van der Waals surface area contributed by atoms with Gasteiger partial charge in [0, 0.05) is 0 Å². The number of benzene rings is 1. The molecular weight excluding hydrogens is 246 g/mol. The van der Waals surface area contributed by atoms with E-state index in [-0.39, 0.29) is 24.5 Å². The van der Waals surface area contributed by atoms with Crippen LogP contribution in [0.4, 0.5) is 0 Å². The molecule has 1 aromatic rings. The van der Waals surface area contributed by atoms with Gasteiger partial charge in [-0.15, -0.1) is 0 Å². The number of hydrogen-bond acceptors (Lipinski definition) is 3. The first-order chi connectivity index (χ1) is 8.76. The number of carbonyl (C=O) groups is 2. The molecule has 104 valence electrons. The van der Waals surface area contributed by atoms with Crippen molar-refractivity contribution in [2.24, 2.45) is 0 Å². The van der Waals surface area contributed by atoms with E-state index >= 15 is 0 Å². The molecule has 0 unspecified atom stereocenters. The Bertz CT molecular complexity index is 446. The van der Waals surface area contributed by atoms with Crippen molar-refractivity contribution in [3.8, 4) is 5.75 Å². The summed E-state index contributed by atoms with van der Waals surface area (Å²) in [6.07, 6.45) is 0.156. The van der Waals surface area contributed by atoms with Crippen molar-refractivity contribution in [1.29, 1.82) is 0 Å². The first kappa shape index (κ1) is 15.0. The predicted octanol–water partition coefficient (Wildman–Crippen LogP) is 1.61. The lowest BCUT2D eigenvalue weighted by Crippen LogP contribution is -2.30. The van der Waals surface area contributed by atoms with Gasteiger partial charge < -0.3 is 15.2 Å². The van der Waals surface area contributed by atoms with Gasteiger partial charge in [-0.25, -0.2) is 0 Å². The lowest BCUT2D eigenvalue weighted by atomic mass is 10.1. The first-order valence-electron chi connectivity index (χ1n) is 6.03. The van der Waals surface area contributed by atoms with Crippen LogP contribution in [0.25, 0.3) is 0 Å². The molecule has 0 radical (unpaired) electrons. The lowest BCUT2D eigenvalue weighted by Gasteiger charge is -2.21. The molecule has 1 aromatic carbocycles. The summed E-state index contributed by atoms with van der Waals surface area (Å²) >= 11 is 0. The summed E-state index contributed by atoms with van der Waals surface area (Å²) in [5.74, 6) is -0.628. The van der Waals surface area contributed by atoms with Gasteiger partial charge in [0.25, 0.3) is 0 Å². The molecule has 2 N–H and O–H groups in total. The molecule has 0 bridgehead atoms. The Morgan fingerprint density at radius 3 is 2.26 bits per heavy atom. The topological polar surface area (TPSA) is 75.6 Å². The minimum Gasteiger partial charge on any atom is -0.488 e. The highest BCUT2D eigenvalue weighted by molar-refractivity contribution is 5.82. The van der Waals surface area contributed by atoms with Crippen molar-refractivity contribution in [2.75, 3.05) is 6.54 Å². The molecule has 1 amide bonds. The minimum atomic E-state index is -1.05. The summed E-state index contributed by atoms with van der Waals surface area (Å²) in [5, 5.41) is 10.8. The number of carbonyl (C=O) groups excluding carboxylic acids is 1. The third-order valence-electron chi connectivity index (χ3n) is 2.15. The maximum atomic E-state index is 11.4. The maximum Gasteiger partial charge on any atom is 0.322 e. The van der Waals surface area contributed by atoms with E-state index in [2.05, 4.69) is 5.32 Å². The quantitative estimate of drug-likeness (QED) is 0.848. The molecule has 0 atom stereocenters. The third kappa shape index (κ3) is 6.45. The van der Waals surface area contributed by atoms with E-state index in [9.17, 15) is 9.59 Å². The molecule has 0 heterocycles. The number of rotatable bonds is 5. The predicted molar refractivity (Wildman–Crippen MR) is 71.2 cm³/mol. The fraction of sp³-hybridized carbons (Fsp3) is 0.429. The van der Waals surface area contributed by atoms with E-state index in [4.69, 9.17) is 9.84 Å².